The summed E-state index contributed by atoms with van der Waals surface area (Å²) in [6, 6.07) is 10.5. The van der Waals surface area contributed by atoms with Crippen LogP contribution in [-0.2, 0) is 0 Å². The minimum atomic E-state index is -0.283. The van der Waals surface area contributed by atoms with E-state index in [9.17, 15) is 30.6 Å². The predicted molar refractivity (Wildman–Crippen MR) is 173 cm³/mol. The molecule has 9 rings (SSSR count). The third kappa shape index (κ3) is 3.13. The highest BCUT2D eigenvalue weighted by atomic mass is 16.3. The van der Waals surface area contributed by atoms with Crippen LogP contribution in [0.2, 0.25) is 0 Å². The maximum Gasteiger partial charge on any atom is 0.261 e. The Balaban J connectivity index is 1.46. The first-order chi connectivity index (χ1) is 21.4. The van der Waals surface area contributed by atoms with Gasteiger partial charge < -0.3 is 21.0 Å². The van der Waals surface area contributed by atoms with Crippen molar-refractivity contribution in [3.63, 3.8) is 0 Å². The van der Waals surface area contributed by atoms with Gasteiger partial charge in [0.1, 0.15) is 0 Å². The Bertz CT molecular complexity index is 2390. The summed E-state index contributed by atoms with van der Waals surface area (Å²) in [4.78, 5) is 28.0. The van der Waals surface area contributed by atoms with E-state index in [1.54, 1.807) is 12.1 Å². The zero-order chi connectivity index (χ0) is 30.0. The molecule has 44 heavy (non-hydrogen) atoms. The molecule has 2 saturated carbocycles. The monoisotopic (exact) mass is 584 g/mol. The van der Waals surface area contributed by atoms with Crippen molar-refractivity contribution >= 4 is 64.6 Å². The van der Waals surface area contributed by atoms with E-state index in [-0.39, 0.29) is 45.7 Å². The molecule has 7 aromatic rings. The summed E-state index contributed by atoms with van der Waals surface area (Å²) in [5, 5.41) is 49.1. The maximum atomic E-state index is 14.0. The molecule has 2 heterocycles. The van der Waals surface area contributed by atoms with Crippen molar-refractivity contribution in [2.24, 2.45) is 0 Å². The van der Waals surface area contributed by atoms with Crippen LogP contribution >= 0.6 is 0 Å². The average Bonchev–Trinajstić information content (AvgIpc) is 3.04. The number of nitrogens with one attached hydrogen (secondary N) is 2. The summed E-state index contributed by atoms with van der Waals surface area (Å²) in [7, 11) is 0. The highest BCUT2D eigenvalue weighted by molar-refractivity contribution is 6.39. The second-order valence-corrected chi connectivity index (χ2v) is 13.1. The normalized spacial score (nSPS) is 17.5. The fourth-order valence-electron chi connectivity index (χ4n) is 8.88. The molecule has 0 radical (unpaired) electrons. The van der Waals surface area contributed by atoms with Gasteiger partial charge in [-0.15, -0.1) is 0 Å². The zero-order valence-corrected chi connectivity index (χ0v) is 24.3. The topological polar surface area (TPSA) is 132 Å². The molecule has 0 spiro atoms. The molecule has 0 unspecified atom stereocenters. The predicted octanol–water partition coefficient (Wildman–Crippen LogP) is 6.62. The summed E-state index contributed by atoms with van der Waals surface area (Å²) in [6.45, 7) is 0. The highest BCUT2D eigenvalue weighted by Gasteiger charge is 2.28. The highest BCUT2D eigenvalue weighted by Crippen LogP contribution is 2.46. The Morgan fingerprint density at radius 2 is 0.864 bits per heavy atom. The van der Waals surface area contributed by atoms with E-state index in [2.05, 4.69) is 0 Å². The van der Waals surface area contributed by atoms with Gasteiger partial charge in [0.15, 0.2) is 0 Å². The van der Waals surface area contributed by atoms with E-state index in [0.29, 0.717) is 64.6 Å². The minimum absolute atomic E-state index is 0.0419. The lowest BCUT2D eigenvalue weighted by Crippen LogP contribution is -2.28. The lowest BCUT2D eigenvalue weighted by Gasteiger charge is -2.27. The lowest BCUT2D eigenvalue weighted by atomic mass is 9.85. The third-order valence-corrected chi connectivity index (χ3v) is 10.8. The van der Waals surface area contributed by atoms with Crippen LogP contribution < -0.4 is 21.8 Å². The Morgan fingerprint density at radius 3 is 1.25 bits per heavy atom. The molecule has 2 fully saturated rings. The van der Waals surface area contributed by atoms with Crippen molar-refractivity contribution in [1.29, 1.82) is 10.8 Å². The van der Waals surface area contributed by atoms with Crippen LogP contribution in [0.5, 0.6) is 11.8 Å². The van der Waals surface area contributed by atoms with Gasteiger partial charge in [0, 0.05) is 55.2 Å². The molecule has 2 aromatic heterocycles. The molecule has 0 amide bonds. The van der Waals surface area contributed by atoms with Crippen molar-refractivity contribution in [3.05, 3.63) is 67.8 Å². The van der Waals surface area contributed by atoms with E-state index in [4.69, 9.17) is 0 Å². The number of rotatable bonds is 2. The standard InChI is InChI=1S/C36H32N4O4/c37-25-15-23-27-21(33(41)39(35(23)43)17-7-3-1-4-8-17)13-11-19-30-26(38)16-24-28-22(14-12-20(32(28)30)29(25)31(19)27)34(42)40(36(24)44)18-9-5-2-6-10-18/h11-18,37-38,41-42H,1-10H2. The second-order valence-electron chi connectivity index (χ2n) is 13.1. The van der Waals surface area contributed by atoms with Crippen LogP contribution in [0.4, 0.5) is 0 Å². The summed E-state index contributed by atoms with van der Waals surface area (Å²) in [5.74, 6) is -0.0839. The number of hydrogen-bond donors (Lipinski definition) is 4. The third-order valence-electron chi connectivity index (χ3n) is 10.8. The number of nitrogens with zero attached hydrogens (tertiary/aromatic N) is 2. The van der Waals surface area contributed by atoms with Gasteiger partial charge in [-0.1, -0.05) is 50.7 Å². The Morgan fingerprint density at radius 1 is 0.500 bits per heavy atom. The molecule has 0 aliphatic heterocycles. The zero-order valence-electron chi connectivity index (χ0n) is 24.3. The Labute approximate surface area is 250 Å². The van der Waals surface area contributed by atoms with Crippen LogP contribution in [0, 0.1) is 10.8 Å². The van der Waals surface area contributed by atoms with Gasteiger partial charge in [-0.05, 0) is 60.7 Å². The molecular weight excluding hydrogens is 552 g/mol. The number of aromatic hydroxyl groups is 2. The van der Waals surface area contributed by atoms with E-state index < -0.39 is 0 Å². The second kappa shape index (κ2) is 8.91. The van der Waals surface area contributed by atoms with Crippen molar-refractivity contribution in [2.45, 2.75) is 76.3 Å². The van der Waals surface area contributed by atoms with Crippen molar-refractivity contribution in [3.8, 4) is 11.8 Å². The van der Waals surface area contributed by atoms with Crippen molar-refractivity contribution in [2.75, 3.05) is 0 Å². The molecule has 220 valence electrons. The molecule has 0 atom stereocenters. The first-order valence-electron chi connectivity index (χ1n) is 15.9. The van der Waals surface area contributed by atoms with Gasteiger partial charge in [0.25, 0.3) is 11.1 Å². The SMILES string of the molecule is N=c1cc2c(=O)n(C3CCCCC3)c(O)c3ccc4c5c(=N)cc6c(=O)n(C7CCCCC7)c(O)c7ccc(c1c4c32)c5c76. The van der Waals surface area contributed by atoms with Gasteiger partial charge in [-0.25, -0.2) is 0 Å². The molecule has 4 N–H and O–H groups in total. The summed E-state index contributed by atoms with van der Waals surface area (Å²) in [6.07, 6.45) is 9.63. The van der Waals surface area contributed by atoms with Gasteiger partial charge in [-0.3, -0.25) is 18.7 Å². The Kier molecular flexibility index (Phi) is 5.21. The first kappa shape index (κ1) is 25.7. The fourth-order valence-corrected chi connectivity index (χ4v) is 8.88. The molecule has 2 aliphatic rings. The van der Waals surface area contributed by atoms with Gasteiger partial charge >= 0.3 is 0 Å². The maximum absolute atomic E-state index is 14.0. The summed E-state index contributed by atoms with van der Waals surface area (Å²) in [5.41, 5.74) is -0.566. The average molecular weight is 585 g/mol. The van der Waals surface area contributed by atoms with Gasteiger partial charge in [-0.2, -0.15) is 0 Å². The van der Waals surface area contributed by atoms with E-state index in [1.165, 1.54) is 9.13 Å². The van der Waals surface area contributed by atoms with Crippen LogP contribution in [0.1, 0.15) is 76.3 Å². The Hall–Kier alpha value is -4.72. The smallest absolute Gasteiger partial charge is 0.261 e. The number of fused-ring (bicyclic) bond motifs is 2. The number of benzene rings is 5. The van der Waals surface area contributed by atoms with Gasteiger partial charge in [0.2, 0.25) is 11.8 Å². The number of aromatic nitrogens is 2. The minimum Gasteiger partial charge on any atom is -0.494 e. The fraction of sp³-hybridized carbons (Fsp3) is 0.333. The van der Waals surface area contributed by atoms with Crippen LogP contribution in [0.3, 0.4) is 0 Å². The van der Waals surface area contributed by atoms with Gasteiger partial charge in [0.05, 0.1) is 21.5 Å². The summed E-state index contributed by atoms with van der Waals surface area (Å²) < 4.78 is 3.08. The van der Waals surface area contributed by atoms with E-state index in [1.807, 2.05) is 24.3 Å². The molecule has 5 aromatic carbocycles. The molecule has 2 aliphatic carbocycles. The largest absolute Gasteiger partial charge is 0.494 e. The van der Waals surface area contributed by atoms with Crippen molar-refractivity contribution < 1.29 is 10.2 Å². The molecule has 8 heteroatoms. The quantitative estimate of drug-likeness (QED) is 0.134. The first-order valence-corrected chi connectivity index (χ1v) is 15.9. The lowest BCUT2D eigenvalue weighted by molar-refractivity contribution is 0.308. The molecular formula is C36H32N4O4. The molecule has 0 saturated heterocycles. The number of hydrogen-bond acceptors (Lipinski definition) is 6. The van der Waals surface area contributed by atoms with E-state index >= 15 is 0 Å². The van der Waals surface area contributed by atoms with E-state index in [0.717, 1.165) is 64.2 Å². The number of pyridine rings is 2. The van der Waals surface area contributed by atoms with Crippen LogP contribution in [0.25, 0.3) is 64.6 Å². The molecule has 0 bridgehead atoms. The van der Waals surface area contributed by atoms with Crippen LogP contribution in [-0.4, -0.2) is 19.3 Å². The summed E-state index contributed by atoms with van der Waals surface area (Å²) >= 11 is 0. The molecule has 8 nitrogen and oxygen atoms in total. The van der Waals surface area contributed by atoms with Crippen LogP contribution in [0.15, 0.2) is 46.0 Å². The van der Waals surface area contributed by atoms with Crippen molar-refractivity contribution in [1.82, 2.24) is 9.13 Å².